The molecule has 2 atom stereocenters. The number of halogens is 1. The normalized spacial score (nSPS) is 12.7. The van der Waals surface area contributed by atoms with Crippen molar-refractivity contribution in [3.63, 3.8) is 0 Å². The highest BCUT2D eigenvalue weighted by Gasteiger charge is 2.34. The Morgan fingerprint density at radius 1 is 1.02 bits per heavy atom. The summed E-state index contributed by atoms with van der Waals surface area (Å²) in [5.41, 5.74) is 2.53. The molecule has 220 valence electrons. The zero-order valence-corrected chi connectivity index (χ0v) is 25.7. The Balaban J connectivity index is 2.11. The number of rotatable bonds is 13. The van der Waals surface area contributed by atoms with Crippen LogP contribution in [0.2, 0.25) is 5.02 Å². The van der Waals surface area contributed by atoms with Crippen molar-refractivity contribution in [2.24, 2.45) is 0 Å². The van der Waals surface area contributed by atoms with Gasteiger partial charge < -0.3 is 15.0 Å². The molecule has 8 nitrogen and oxygen atoms in total. The second kappa shape index (κ2) is 14.4. The number of amides is 2. The number of ether oxygens (including phenoxy) is 1. The fourth-order valence-corrected chi connectivity index (χ4v) is 5.44. The Morgan fingerprint density at radius 3 is 2.29 bits per heavy atom. The third-order valence-corrected chi connectivity index (χ3v) is 8.35. The molecule has 3 rings (SSSR count). The summed E-state index contributed by atoms with van der Waals surface area (Å²) in [4.78, 5) is 29.4. The van der Waals surface area contributed by atoms with E-state index < -0.39 is 28.5 Å². The fraction of sp³-hybridized carbons (Fsp3) is 0.355. The third-order valence-electron chi connectivity index (χ3n) is 6.85. The number of benzene rings is 3. The van der Waals surface area contributed by atoms with Crippen molar-refractivity contribution in [1.29, 1.82) is 0 Å². The summed E-state index contributed by atoms with van der Waals surface area (Å²) in [7, 11) is -2.49. The van der Waals surface area contributed by atoms with Crippen molar-refractivity contribution in [3.8, 4) is 5.75 Å². The molecule has 3 aromatic rings. The number of anilines is 1. The van der Waals surface area contributed by atoms with E-state index in [1.54, 1.807) is 42.5 Å². The first kappa shape index (κ1) is 32.0. The van der Waals surface area contributed by atoms with Crippen molar-refractivity contribution in [2.75, 3.05) is 24.2 Å². The Bertz CT molecular complexity index is 1450. The van der Waals surface area contributed by atoms with Crippen LogP contribution in [-0.4, -0.2) is 57.1 Å². The Hall–Kier alpha value is -3.56. The lowest BCUT2D eigenvalue weighted by Gasteiger charge is -2.34. The average Bonchev–Trinajstić information content (AvgIpc) is 2.94. The van der Waals surface area contributed by atoms with Crippen LogP contribution in [0.3, 0.4) is 0 Å². The molecule has 0 radical (unpaired) electrons. The summed E-state index contributed by atoms with van der Waals surface area (Å²) in [6.45, 7) is 5.15. The second-order valence-electron chi connectivity index (χ2n) is 10.1. The van der Waals surface area contributed by atoms with Crippen molar-refractivity contribution < 1.29 is 22.7 Å². The maximum absolute atomic E-state index is 14.2. The number of carbonyl (C=O) groups is 2. The molecule has 0 aliphatic rings. The minimum Gasteiger partial charge on any atom is -0.495 e. The van der Waals surface area contributed by atoms with E-state index in [-0.39, 0.29) is 30.6 Å². The molecule has 1 N–H and O–H groups in total. The van der Waals surface area contributed by atoms with Gasteiger partial charge in [0.15, 0.2) is 0 Å². The Kier molecular flexibility index (Phi) is 11.2. The van der Waals surface area contributed by atoms with E-state index in [2.05, 4.69) is 5.32 Å². The zero-order valence-electron chi connectivity index (χ0n) is 24.1. The smallest absolute Gasteiger partial charge is 0.244 e. The van der Waals surface area contributed by atoms with Gasteiger partial charge in [-0.05, 0) is 55.2 Å². The summed E-state index contributed by atoms with van der Waals surface area (Å²) in [6.07, 6.45) is 1.97. The molecule has 0 fully saturated rings. The first-order valence-electron chi connectivity index (χ1n) is 13.4. The maximum Gasteiger partial charge on any atom is 0.244 e. The molecule has 0 aliphatic carbocycles. The van der Waals surface area contributed by atoms with Gasteiger partial charge in [-0.25, -0.2) is 8.42 Å². The van der Waals surface area contributed by atoms with Gasteiger partial charge in [0.05, 0.1) is 19.1 Å². The minimum atomic E-state index is -3.93. The summed E-state index contributed by atoms with van der Waals surface area (Å²) >= 11 is 6.49. The van der Waals surface area contributed by atoms with E-state index in [1.165, 1.54) is 12.0 Å². The van der Waals surface area contributed by atoms with Crippen LogP contribution in [0, 0.1) is 6.92 Å². The molecule has 2 amide bonds. The number of sulfonamides is 1. The van der Waals surface area contributed by atoms with Crippen LogP contribution in [-0.2, 0) is 32.6 Å². The largest absolute Gasteiger partial charge is 0.495 e. The quantitative estimate of drug-likeness (QED) is 0.299. The predicted octanol–water partition coefficient (Wildman–Crippen LogP) is 4.98. The zero-order chi connectivity index (χ0) is 30.2. The summed E-state index contributed by atoms with van der Waals surface area (Å²) < 4.78 is 32.6. The number of nitrogens with zero attached hydrogens (tertiary/aromatic N) is 2. The predicted molar refractivity (Wildman–Crippen MR) is 164 cm³/mol. The number of nitrogens with one attached hydrogen (secondary N) is 1. The minimum absolute atomic E-state index is 0.00644. The topological polar surface area (TPSA) is 96.0 Å². The number of carbonyl (C=O) groups excluding carboxylic acids is 2. The molecule has 3 aromatic carbocycles. The number of hydrogen-bond acceptors (Lipinski definition) is 5. The molecule has 0 spiro atoms. The Labute approximate surface area is 248 Å². The van der Waals surface area contributed by atoms with Crippen LogP contribution < -0.4 is 14.4 Å². The lowest BCUT2D eigenvalue weighted by molar-refractivity contribution is -0.140. The lowest BCUT2D eigenvalue weighted by Crippen LogP contribution is -2.54. The number of methoxy groups -OCH3 is 1. The molecule has 0 aliphatic heterocycles. The first-order chi connectivity index (χ1) is 19.4. The highest BCUT2D eigenvalue weighted by molar-refractivity contribution is 7.92. The SMILES string of the molecule is CC[C@@H](C)NC(=O)[C@@H](Cc1ccccc1)N(Cc1ccccc1Cl)C(=O)CN(c1cc(C)ccc1OC)S(C)(=O)=O. The molecule has 0 bridgehead atoms. The van der Waals surface area contributed by atoms with Gasteiger partial charge in [0.1, 0.15) is 18.3 Å². The van der Waals surface area contributed by atoms with E-state index in [0.29, 0.717) is 22.8 Å². The van der Waals surface area contributed by atoms with Gasteiger partial charge >= 0.3 is 0 Å². The van der Waals surface area contributed by atoms with Gasteiger partial charge in [0.25, 0.3) is 0 Å². The van der Waals surface area contributed by atoms with Crippen LogP contribution >= 0.6 is 11.6 Å². The van der Waals surface area contributed by atoms with Gasteiger partial charge in [0.2, 0.25) is 21.8 Å². The van der Waals surface area contributed by atoms with Crippen LogP contribution in [0.15, 0.2) is 72.8 Å². The Morgan fingerprint density at radius 2 is 1.68 bits per heavy atom. The molecule has 0 unspecified atom stereocenters. The second-order valence-corrected chi connectivity index (χ2v) is 12.4. The van der Waals surface area contributed by atoms with Gasteiger partial charge in [-0.2, -0.15) is 0 Å². The first-order valence-corrected chi connectivity index (χ1v) is 15.7. The van der Waals surface area contributed by atoms with Crippen LogP contribution in [0.4, 0.5) is 5.69 Å². The van der Waals surface area contributed by atoms with E-state index in [1.807, 2.05) is 51.1 Å². The van der Waals surface area contributed by atoms with Crippen molar-refractivity contribution in [1.82, 2.24) is 10.2 Å². The summed E-state index contributed by atoms with van der Waals surface area (Å²) in [5.74, 6) is -0.580. The molecule has 10 heteroatoms. The highest BCUT2D eigenvalue weighted by atomic mass is 35.5. The van der Waals surface area contributed by atoms with Crippen molar-refractivity contribution >= 4 is 39.1 Å². The fourth-order valence-electron chi connectivity index (χ4n) is 4.39. The average molecular weight is 600 g/mol. The summed E-state index contributed by atoms with van der Waals surface area (Å²) in [5, 5.41) is 3.45. The summed E-state index contributed by atoms with van der Waals surface area (Å²) in [6, 6.07) is 20.5. The standard InChI is InChI=1S/C31H38ClN3O5S/c1-6-23(3)33-31(37)28(19-24-12-8-7-9-13-24)34(20-25-14-10-11-15-26(25)32)30(36)21-35(41(5,38)39)27-18-22(2)16-17-29(27)40-4/h7-18,23,28H,6,19-21H2,1-5H3,(H,33,37)/t23-,28-/m1/s1. The molecular formula is C31H38ClN3O5S. The van der Waals surface area contributed by atoms with E-state index in [9.17, 15) is 18.0 Å². The molecule has 0 saturated heterocycles. The molecule has 0 saturated carbocycles. The molecule has 0 heterocycles. The van der Waals surface area contributed by atoms with Crippen molar-refractivity contribution in [3.05, 3.63) is 94.5 Å². The number of hydrogen-bond donors (Lipinski definition) is 1. The molecule has 0 aromatic heterocycles. The highest BCUT2D eigenvalue weighted by Crippen LogP contribution is 2.31. The van der Waals surface area contributed by atoms with Gasteiger partial charge in [0, 0.05) is 24.0 Å². The van der Waals surface area contributed by atoms with Crippen molar-refractivity contribution in [2.45, 2.75) is 52.2 Å². The van der Waals surface area contributed by atoms with Gasteiger partial charge in [-0.15, -0.1) is 0 Å². The third kappa shape index (κ3) is 8.71. The monoisotopic (exact) mass is 599 g/mol. The van der Waals surface area contributed by atoms with Crippen LogP contribution in [0.1, 0.15) is 37.0 Å². The van der Waals surface area contributed by atoms with E-state index in [4.69, 9.17) is 16.3 Å². The maximum atomic E-state index is 14.2. The van der Waals surface area contributed by atoms with Crippen LogP contribution in [0.5, 0.6) is 5.75 Å². The van der Waals surface area contributed by atoms with Crippen LogP contribution in [0.25, 0.3) is 0 Å². The lowest BCUT2D eigenvalue weighted by atomic mass is 10.0. The van der Waals surface area contributed by atoms with E-state index >= 15 is 0 Å². The molecular weight excluding hydrogens is 562 g/mol. The van der Waals surface area contributed by atoms with Gasteiger partial charge in [-0.3, -0.25) is 13.9 Å². The number of aryl methyl sites for hydroxylation is 1. The van der Waals surface area contributed by atoms with Gasteiger partial charge in [-0.1, -0.05) is 73.1 Å². The van der Waals surface area contributed by atoms with E-state index in [0.717, 1.165) is 21.7 Å². The molecule has 41 heavy (non-hydrogen) atoms.